The smallest absolute Gasteiger partial charge is 0.138 e. The molecule has 0 radical (unpaired) electrons. The Labute approximate surface area is 219 Å². The van der Waals surface area contributed by atoms with E-state index in [0.29, 0.717) is 0 Å². The number of benzene rings is 4. The SMILES string of the molecule is c1ccc(-n2ccc3cc4ccc5c6ccccc6n(-c6cc(-c7cccnc7)ccn6)c5c4cc32)cc1. The van der Waals surface area contributed by atoms with E-state index in [0.717, 1.165) is 28.1 Å². The molecule has 0 bridgehead atoms. The van der Waals surface area contributed by atoms with Crippen LogP contribution in [0, 0.1) is 0 Å². The topological polar surface area (TPSA) is 35.6 Å². The summed E-state index contributed by atoms with van der Waals surface area (Å²) >= 11 is 0. The van der Waals surface area contributed by atoms with Gasteiger partial charge in [-0.25, -0.2) is 4.98 Å². The predicted octanol–water partition coefficient (Wildman–Crippen LogP) is 8.34. The number of pyridine rings is 2. The highest BCUT2D eigenvalue weighted by Gasteiger charge is 2.17. The molecule has 178 valence electrons. The maximum absolute atomic E-state index is 4.87. The molecule has 0 N–H and O–H groups in total. The van der Waals surface area contributed by atoms with Gasteiger partial charge in [-0.15, -0.1) is 0 Å². The summed E-state index contributed by atoms with van der Waals surface area (Å²) in [7, 11) is 0. The van der Waals surface area contributed by atoms with E-state index in [4.69, 9.17) is 4.98 Å². The first-order valence-corrected chi connectivity index (χ1v) is 12.7. The van der Waals surface area contributed by atoms with Gasteiger partial charge >= 0.3 is 0 Å². The standard InChI is InChI=1S/C34H22N4/c1-2-8-27(9-3-1)37-18-15-25-19-24-12-13-29-28-10-4-5-11-31(28)38(34(29)30(24)21-32(25)37)33-20-23(14-17-36-33)26-7-6-16-35-22-26/h1-22H. The van der Waals surface area contributed by atoms with E-state index in [2.05, 4.69) is 117 Å². The number of nitrogens with zero attached hydrogens (tertiary/aromatic N) is 4. The van der Waals surface area contributed by atoms with Gasteiger partial charge in [-0.2, -0.15) is 0 Å². The van der Waals surface area contributed by atoms with Crippen molar-refractivity contribution < 1.29 is 0 Å². The van der Waals surface area contributed by atoms with Gasteiger partial charge in [0.1, 0.15) is 5.82 Å². The fraction of sp³-hybridized carbons (Fsp3) is 0. The van der Waals surface area contributed by atoms with Crippen LogP contribution >= 0.6 is 0 Å². The highest BCUT2D eigenvalue weighted by molar-refractivity contribution is 6.20. The third-order valence-corrected chi connectivity index (χ3v) is 7.46. The quantitative estimate of drug-likeness (QED) is 0.252. The van der Waals surface area contributed by atoms with Crippen LogP contribution in [0.3, 0.4) is 0 Å². The molecule has 4 heterocycles. The number of hydrogen-bond acceptors (Lipinski definition) is 2. The van der Waals surface area contributed by atoms with Crippen LogP contribution in [0.2, 0.25) is 0 Å². The Morgan fingerprint density at radius 3 is 2.34 bits per heavy atom. The normalized spacial score (nSPS) is 11.7. The minimum Gasteiger partial charge on any atom is -0.317 e. The molecule has 0 saturated heterocycles. The largest absolute Gasteiger partial charge is 0.317 e. The lowest BCUT2D eigenvalue weighted by molar-refractivity contribution is 1.08. The Kier molecular flexibility index (Phi) is 4.49. The van der Waals surface area contributed by atoms with E-state index in [1.54, 1.807) is 6.20 Å². The zero-order chi connectivity index (χ0) is 25.1. The average molecular weight is 487 g/mol. The van der Waals surface area contributed by atoms with Crippen molar-refractivity contribution in [2.75, 3.05) is 0 Å². The minimum absolute atomic E-state index is 0.892. The molecule has 4 aromatic heterocycles. The Bertz CT molecular complexity index is 2120. The van der Waals surface area contributed by atoms with Crippen LogP contribution in [-0.4, -0.2) is 19.1 Å². The van der Waals surface area contributed by atoms with Crippen LogP contribution in [-0.2, 0) is 0 Å². The lowest BCUT2D eigenvalue weighted by atomic mass is 10.0. The van der Waals surface area contributed by atoms with Crippen molar-refractivity contribution in [2.24, 2.45) is 0 Å². The summed E-state index contributed by atoms with van der Waals surface area (Å²) in [5.74, 6) is 0.892. The fourth-order valence-electron chi connectivity index (χ4n) is 5.72. The Hall–Kier alpha value is -5.22. The van der Waals surface area contributed by atoms with E-state index in [1.807, 2.05) is 24.5 Å². The second kappa shape index (κ2) is 8.15. The van der Waals surface area contributed by atoms with Gasteiger partial charge in [-0.3, -0.25) is 9.55 Å². The summed E-state index contributed by atoms with van der Waals surface area (Å²) in [5, 5.41) is 6.08. The summed E-state index contributed by atoms with van der Waals surface area (Å²) in [4.78, 5) is 9.19. The van der Waals surface area contributed by atoms with E-state index < -0.39 is 0 Å². The molecule has 0 saturated carbocycles. The van der Waals surface area contributed by atoms with Crippen molar-refractivity contribution in [1.29, 1.82) is 0 Å². The van der Waals surface area contributed by atoms with Crippen LogP contribution in [0.5, 0.6) is 0 Å². The first-order chi connectivity index (χ1) is 18.8. The molecular weight excluding hydrogens is 464 g/mol. The zero-order valence-corrected chi connectivity index (χ0v) is 20.5. The monoisotopic (exact) mass is 486 g/mol. The molecule has 8 rings (SSSR count). The maximum atomic E-state index is 4.87. The molecule has 0 aliphatic carbocycles. The first kappa shape index (κ1) is 20.9. The molecular formula is C34H22N4. The maximum Gasteiger partial charge on any atom is 0.138 e. The van der Waals surface area contributed by atoms with E-state index >= 15 is 0 Å². The highest BCUT2D eigenvalue weighted by atomic mass is 15.1. The van der Waals surface area contributed by atoms with Gasteiger partial charge in [-0.05, 0) is 65.5 Å². The number of fused-ring (bicyclic) bond motifs is 6. The summed E-state index contributed by atoms with van der Waals surface area (Å²) in [6, 6.07) is 38.7. The molecule has 0 aliphatic rings. The molecule has 8 aromatic rings. The summed E-state index contributed by atoms with van der Waals surface area (Å²) < 4.78 is 4.58. The zero-order valence-electron chi connectivity index (χ0n) is 20.5. The number of hydrogen-bond donors (Lipinski definition) is 0. The summed E-state index contributed by atoms with van der Waals surface area (Å²) in [6.07, 6.45) is 7.75. The fourth-order valence-corrected chi connectivity index (χ4v) is 5.72. The molecule has 0 unspecified atom stereocenters. The van der Waals surface area contributed by atoms with Gasteiger partial charge in [0.25, 0.3) is 0 Å². The number of rotatable bonds is 3. The molecule has 0 aliphatic heterocycles. The van der Waals surface area contributed by atoms with E-state index in [9.17, 15) is 0 Å². The molecule has 4 nitrogen and oxygen atoms in total. The predicted molar refractivity (Wildman–Crippen MR) is 156 cm³/mol. The van der Waals surface area contributed by atoms with Crippen LogP contribution in [0.1, 0.15) is 0 Å². The summed E-state index contributed by atoms with van der Waals surface area (Å²) in [6.45, 7) is 0. The van der Waals surface area contributed by atoms with Crippen molar-refractivity contribution in [2.45, 2.75) is 0 Å². The van der Waals surface area contributed by atoms with Crippen LogP contribution in [0.4, 0.5) is 0 Å². The number of aromatic nitrogens is 4. The van der Waals surface area contributed by atoms with Gasteiger partial charge in [0.05, 0.1) is 16.6 Å². The second-order valence-corrected chi connectivity index (χ2v) is 9.61. The van der Waals surface area contributed by atoms with Crippen molar-refractivity contribution in [3.63, 3.8) is 0 Å². The van der Waals surface area contributed by atoms with Gasteiger partial charge in [0, 0.05) is 57.6 Å². The van der Waals surface area contributed by atoms with Gasteiger partial charge in [-0.1, -0.05) is 54.6 Å². The second-order valence-electron chi connectivity index (χ2n) is 9.61. The van der Waals surface area contributed by atoms with Gasteiger partial charge in [0.15, 0.2) is 0 Å². The highest BCUT2D eigenvalue weighted by Crippen LogP contribution is 2.38. The van der Waals surface area contributed by atoms with Gasteiger partial charge in [0.2, 0.25) is 0 Å². The lowest BCUT2D eigenvalue weighted by Crippen LogP contribution is -1.98. The first-order valence-electron chi connectivity index (χ1n) is 12.7. The van der Waals surface area contributed by atoms with Crippen LogP contribution < -0.4 is 0 Å². The van der Waals surface area contributed by atoms with Crippen LogP contribution in [0.15, 0.2) is 134 Å². The Morgan fingerprint density at radius 1 is 0.553 bits per heavy atom. The molecule has 4 aromatic carbocycles. The Balaban J connectivity index is 1.48. The summed E-state index contributed by atoms with van der Waals surface area (Å²) in [5.41, 5.74) is 6.82. The third-order valence-electron chi connectivity index (χ3n) is 7.46. The van der Waals surface area contributed by atoms with Crippen LogP contribution in [0.25, 0.3) is 66.1 Å². The lowest BCUT2D eigenvalue weighted by Gasteiger charge is -2.12. The molecule has 4 heteroatoms. The van der Waals surface area contributed by atoms with E-state index in [-0.39, 0.29) is 0 Å². The number of para-hydroxylation sites is 2. The molecule has 0 atom stereocenters. The van der Waals surface area contributed by atoms with E-state index in [1.165, 1.54) is 38.0 Å². The average Bonchev–Trinajstić information content (AvgIpc) is 3.56. The van der Waals surface area contributed by atoms with Crippen molar-refractivity contribution in [3.05, 3.63) is 134 Å². The van der Waals surface area contributed by atoms with Crippen molar-refractivity contribution >= 4 is 43.5 Å². The molecule has 0 amide bonds. The minimum atomic E-state index is 0.892. The molecule has 0 spiro atoms. The van der Waals surface area contributed by atoms with Gasteiger partial charge < -0.3 is 4.57 Å². The van der Waals surface area contributed by atoms with Crippen molar-refractivity contribution in [3.8, 4) is 22.6 Å². The third kappa shape index (κ3) is 3.10. The molecule has 0 fully saturated rings. The van der Waals surface area contributed by atoms with Crippen molar-refractivity contribution in [1.82, 2.24) is 19.1 Å². The molecule has 38 heavy (non-hydrogen) atoms. The Morgan fingerprint density at radius 2 is 1.45 bits per heavy atom.